The Bertz CT molecular complexity index is 1330. The number of piperidine rings is 2. The summed E-state index contributed by atoms with van der Waals surface area (Å²) in [6, 6.07) is 29.7. The molecule has 2 fully saturated rings. The lowest BCUT2D eigenvalue weighted by Gasteiger charge is -2.54. The minimum atomic E-state index is -0.322. The smallest absolute Gasteiger partial charge is 0.0708 e. The summed E-state index contributed by atoms with van der Waals surface area (Å²) in [6.07, 6.45) is 0. The average Bonchev–Trinajstić information content (AvgIpc) is 2.95. The van der Waals surface area contributed by atoms with Gasteiger partial charge in [-0.15, -0.1) is 0 Å². The molecule has 0 saturated carbocycles. The van der Waals surface area contributed by atoms with Gasteiger partial charge in [0.05, 0.1) is 5.71 Å². The van der Waals surface area contributed by atoms with Crippen LogP contribution in [0.5, 0.6) is 0 Å². The van der Waals surface area contributed by atoms with Gasteiger partial charge in [-0.3, -0.25) is 0 Å². The van der Waals surface area contributed by atoms with Crippen molar-refractivity contribution in [3.8, 4) is 0 Å². The molecule has 4 atom stereocenters. The van der Waals surface area contributed by atoms with E-state index in [2.05, 4.69) is 15.8 Å². The number of oxime groups is 1. The van der Waals surface area contributed by atoms with Crippen molar-refractivity contribution in [1.82, 2.24) is 10.6 Å². The van der Waals surface area contributed by atoms with E-state index >= 15 is 0 Å². The fourth-order valence-electron chi connectivity index (χ4n) is 6.27. The summed E-state index contributed by atoms with van der Waals surface area (Å²) in [6.45, 7) is 0. The molecule has 2 aliphatic rings. The van der Waals surface area contributed by atoms with Gasteiger partial charge in [0.15, 0.2) is 0 Å². The van der Waals surface area contributed by atoms with Gasteiger partial charge in [0.1, 0.15) is 0 Å². The minimum Gasteiger partial charge on any atom is -0.411 e. The number of fused-ring (bicyclic) bond motifs is 2. The van der Waals surface area contributed by atoms with Crippen molar-refractivity contribution in [2.24, 2.45) is 17.0 Å². The maximum atomic E-state index is 10.7. The van der Waals surface area contributed by atoms with Crippen LogP contribution < -0.4 is 10.6 Å². The molecule has 4 aromatic rings. The predicted octanol–water partition coefficient (Wildman–Crippen LogP) is 8.83. The molecule has 0 amide bonds. The first-order valence-electron chi connectivity index (χ1n) is 12.7. The number of hydrogen-bond donors (Lipinski definition) is 3. The normalized spacial score (nSPS) is 26.3. The summed E-state index contributed by atoms with van der Waals surface area (Å²) < 4.78 is 0. The number of nitrogens with zero attached hydrogens (tertiary/aromatic N) is 1. The van der Waals surface area contributed by atoms with Crippen molar-refractivity contribution in [2.75, 3.05) is 0 Å². The Morgan fingerprint density at radius 3 is 0.949 bits per heavy atom. The van der Waals surface area contributed by atoms with Crippen LogP contribution in [0.1, 0.15) is 46.4 Å². The molecule has 4 nitrogen and oxygen atoms in total. The van der Waals surface area contributed by atoms with Gasteiger partial charge >= 0.3 is 0 Å². The summed E-state index contributed by atoms with van der Waals surface area (Å²) in [7, 11) is 0. The van der Waals surface area contributed by atoms with E-state index in [0.717, 1.165) is 22.3 Å². The molecule has 0 radical (unpaired) electrons. The van der Waals surface area contributed by atoms with Gasteiger partial charge in [0.2, 0.25) is 0 Å². The van der Waals surface area contributed by atoms with Crippen LogP contribution in [0.4, 0.5) is 0 Å². The molecule has 6 rings (SSSR count). The first-order chi connectivity index (χ1) is 19.0. The number of benzene rings is 4. The van der Waals surface area contributed by atoms with Crippen LogP contribution in [0.3, 0.4) is 0 Å². The van der Waals surface area contributed by atoms with Crippen molar-refractivity contribution in [2.45, 2.75) is 24.2 Å². The van der Waals surface area contributed by atoms with Gasteiger partial charge in [-0.25, -0.2) is 0 Å². The van der Waals surface area contributed by atoms with E-state index in [-0.39, 0.29) is 36.0 Å². The van der Waals surface area contributed by atoms with E-state index in [4.69, 9.17) is 46.4 Å². The molecular formula is C31H25Cl4N3O. The fourth-order valence-corrected chi connectivity index (χ4v) is 7.28. The van der Waals surface area contributed by atoms with Gasteiger partial charge in [-0.2, -0.15) is 0 Å². The number of hydrogen-bond acceptors (Lipinski definition) is 4. The topological polar surface area (TPSA) is 56.7 Å². The second-order valence-corrected chi connectivity index (χ2v) is 11.5. The van der Waals surface area contributed by atoms with E-state index in [1.54, 1.807) is 0 Å². The van der Waals surface area contributed by atoms with Gasteiger partial charge < -0.3 is 15.8 Å². The summed E-state index contributed by atoms with van der Waals surface area (Å²) in [5.41, 5.74) is 4.23. The summed E-state index contributed by atoms with van der Waals surface area (Å²) in [5, 5.41) is 25.0. The molecule has 0 aliphatic carbocycles. The quantitative estimate of drug-likeness (QED) is 0.163. The first-order valence-corrected chi connectivity index (χ1v) is 14.2. The second-order valence-electron chi connectivity index (χ2n) is 9.91. The lowest BCUT2D eigenvalue weighted by atomic mass is 9.63. The molecule has 4 unspecified atom stereocenters. The Hall–Kier alpha value is -2.57. The maximum Gasteiger partial charge on any atom is 0.0708 e. The monoisotopic (exact) mass is 595 g/mol. The van der Waals surface area contributed by atoms with Gasteiger partial charge in [0, 0.05) is 56.1 Å². The standard InChI is InChI=1S/C31H25Cl4N3O/c32-21-13-5-1-9-17(21)27-25-28(18-10-2-6-14-22(18)33)37-30(20-12-4-8-16-24(20)35)26(31(25)38-39)29(36-27)19-11-3-7-15-23(19)34/h1-16,25-30,36-37,39H. The highest BCUT2D eigenvalue weighted by molar-refractivity contribution is 6.32. The third-order valence-corrected chi connectivity index (χ3v) is 9.29. The lowest BCUT2D eigenvalue weighted by molar-refractivity contribution is 0.149. The van der Waals surface area contributed by atoms with Crippen LogP contribution in [0.2, 0.25) is 20.1 Å². The van der Waals surface area contributed by atoms with Crippen LogP contribution in [-0.4, -0.2) is 10.9 Å². The average molecular weight is 597 g/mol. The van der Waals surface area contributed by atoms with E-state index in [9.17, 15) is 5.21 Å². The van der Waals surface area contributed by atoms with Gasteiger partial charge in [0.25, 0.3) is 0 Å². The van der Waals surface area contributed by atoms with Crippen molar-refractivity contribution in [3.63, 3.8) is 0 Å². The van der Waals surface area contributed by atoms with E-state index in [0.29, 0.717) is 25.8 Å². The lowest BCUT2D eigenvalue weighted by Crippen LogP contribution is -2.60. The van der Waals surface area contributed by atoms with E-state index < -0.39 is 0 Å². The van der Waals surface area contributed by atoms with Crippen molar-refractivity contribution >= 4 is 52.1 Å². The van der Waals surface area contributed by atoms with Crippen LogP contribution >= 0.6 is 46.4 Å². The molecule has 0 spiro atoms. The minimum absolute atomic E-state index is 0.317. The van der Waals surface area contributed by atoms with E-state index in [1.807, 2.05) is 97.1 Å². The van der Waals surface area contributed by atoms with E-state index in [1.165, 1.54) is 0 Å². The molecule has 2 bridgehead atoms. The zero-order valence-corrected chi connectivity index (χ0v) is 23.6. The number of halogens is 4. The first kappa shape index (κ1) is 26.6. The van der Waals surface area contributed by atoms with Crippen LogP contribution in [0.15, 0.2) is 102 Å². The highest BCUT2D eigenvalue weighted by Gasteiger charge is 2.55. The van der Waals surface area contributed by atoms with Crippen LogP contribution in [0, 0.1) is 11.8 Å². The van der Waals surface area contributed by atoms with Gasteiger partial charge in [-0.1, -0.05) is 124 Å². The Morgan fingerprint density at radius 1 is 0.462 bits per heavy atom. The SMILES string of the molecule is ON=C1C2C(c3ccccc3Cl)NC(c3ccccc3Cl)C1C(c1ccccc1Cl)NC2c1ccccc1Cl. The third-order valence-electron chi connectivity index (χ3n) is 7.91. The molecule has 2 saturated heterocycles. The Kier molecular flexibility index (Phi) is 7.60. The molecule has 2 aliphatic heterocycles. The fraction of sp³-hybridized carbons (Fsp3) is 0.194. The van der Waals surface area contributed by atoms with Crippen molar-refractivity contribution in [3.05, 3.63) is 139 Å². The maximum absolute atomic E-state index is 10.7. The summed E-state index contributed by atoms with van der Waals surface area (Å²) in [4.78, 5) is 0. The molecule has 198 valence electrons. The highest BCUT2D eigenvalue weighted by Crippen LogP contribution is 2.55. The zero-order chi connectivity index (χ0) is 27.1. The Balaban J connectivity index is 1.61. The number of rotatable bonds is 4. The molecule has 3 N–H and O–H groups in total. The number of nitrogens with one attached hydrogen (secondary N) is 2. The van der Waals surface area contributed by atoms with Crippen molar-refractivity contribution < 1.29 is 5.21 Å². The largest absolute Gasteiger partial charge is 0.411 e. The third kappa shape index (κ3) is 4.74. The summed E-state index contributed by atoms with van der Waals surface area (Å²) in [5.74, 6) is -0.644. The van der Waals surface area contributed by atoms with Crippen LogP contribution in [-0.2, 0) is 0 Å². The predicted molar refractivity (Wildman–Crippen MR) is 159 cm³/mol. The molecule has 4 aromatic carbocycles. The Labute approximate surface area is 247 Å². The highest BCUT2D eigenvalue weighted by atomic mass is 35.5. The molecule has 39 heavy (non-hydrogen) atoms. The molecular weight excluding hydrogens is 572 g/mol. The van der Waals surface area contributed by atoms with Crippen molar-refractivity contribution in [1.29, 1.82) is 0 Å². The molecule has 2 heterocycles. The van der Waals surface area contributed by atoms with Crippen LogP contribution in [0.25, 0.3) is 0 Å². The van der Waals surface area contributed by atoms with Gasteiger partial charge in [-0.05, 0) is 46.5 Å². The molecule has 0 aromatic heterocycles. The summed E-state index contributed by atoms with van der Waals surface area (Å²) >= 11 is 27.2. The second kappa shape index (κ2) is 11.1. The zero-order valence-electron chi connectivity index (χ0n) is 20.6. The molecule has 8 heteroatoms. The Morgan fingerprint density at radius 2 is 0.718 bits per heavy atom.